The number of para-hydroxylation sites is 4. The Morgan fingerprint density at radius 3 is 1.88 bits per heavy atom. The molecule has 0 saturated carbocycles. The van der Waals surface area contributed by atoms with Crippen LogP contribution in [-0.4, -0.2) is 13.7 Å². The predicted octanol–water partition coefficient (Wildman–Crippen LogP) is 16.7. The van der Waals surface area contributed by atoms with Gasteiger partial charge in [0.05, 0.1) is 42.7 Å². The predicted molar refractivity (Wildman–Crippen MR) is 273 cm³/mol. The Morgan fingerprint density at radius 1 is 0.328 bits per heavy atom. The zero-order valence-corrected chi connectivity index (χ0v) is 34.9. The van der Waals surface area contributed by atoms with E-state index in [-0.39, 0.29) is 57.6 Å². The van der Waals surface area contributed by atoms with Crippen LogP contribution in [0.4, 0.5) is 0 Å². The maximum Gasteiger partial charge on any atom is 0.0645 e. The van der Waals surface area contributed by atoms with Gasteiger partial charge in [0.15, 0.2) is 0 Å². The Hall–Kier alpha value is -8.18. The molecule has 0 unspecified atom stereocenters. The first-order valence-corrected chi connectivity index (χ1v) is 22.2. The second kappa shape index (κ2) is 13.7. The number of thiophene rings is 1. The number of hydrogen-bond donors (Lipinski definition) is 0. The molecule has 0 atom stereocenters. The van der Waals surface area contributed by atoms with Crippen molar-refractivity contribution < 1.29 is 9.60 Å². The second-order valence-corrected chi connectivity index (χ2v) is 17.4. The van der Waals surface area contributed by atoms with E-state index in [1.54, 1.807) is 15.9 Å². The summed E-state index contributed by atoms with van der Waals surface area (Å²) in [6.07, 6.45) is 0. The Labute approximate surface area is 382 Å². The fraction of sp³-hybridized carbons (Fsp3) is 0. The first-order chi connectivity index (χ1) is 34.7. The van der Waals surface area contributed by atoms with Gasteiger partial charge in [-0.1, -0.05) is 133 Å². The van der Waals surface area contributed by atoms with Gasteiger partial charge in [-0.25, -0.2) is 0 Å². The third kappa shape index (κ3) is 5.15. The van der Waals surface area contributed by atoms with Gasteiger partial charge in [-0.05, 0) is 108 Å². The molecule has 0 saturated heterocycles. The van der Waals surface area contributed by atoms with E-state index in [2.05, 4.69) is 106 Å². The van der Waals surface area contributed by atoms with Crippen LogP contribution in [0.15, 0.2) is 224 Å². The largest absolute Gasteiger partial charge is 0.309 e. The maximum absolute atomic E-state index is 10.1. The molecule has 64 heavy (non-hydrogen) atoms. The molecule has 3 nitrogen and oxygen atoms in total. The minimum atomic E-state index is -0.428. The van der Waals surface area contributed by atoms with E-state index in [4.69, 9.17) is 2.74 Å². The number of benzene rings is 10. The fourth-order valence-corrected chi connectivity index (χ4v) is 11.2. The molecule has 4 heterocycles. The van der Waals surface area contributed by atoms with Gasteiger partial charge in [-0.3, -0.25) is 0 Å². The minimum Gasteiger partial charge on any atom is -0.309 e. The van der Waals surface area contributed by atoms with Crippen LogP contribution in [-0.2, 0) is 0 Å². The third-order valence-electron chi connectivity index (χ3n) is 12.9. The molecule has 0 N–H and O–H groups in total. The Bertz CT molecular complexity index is 4610. The Balaban J connectivity index is 1.04. The first kappa shape index (κ1) is 29.2. The minimum absolute atomic E-state index is 0.0839. The van der Waals surface area contributed by atoms with Crippen molar-refractivity contribution in [3.05, 3.63) is 224 Å². The summed E-state index contributed by atoms with van der Waals surface area (Å²) in [5.74, 6) is 0. The van der Waals surface area contributed by atoms with Crippen LogP contribution >= 0.6 is 11.3 Å². The van der Waals surface area contributed by atoms with Gasteiger partial charge in [-0.15, -0.1) is 11.3 Å². The van der Waals surface area contributed by atoms with E-state index < -0.39 is 12.1 Å². The molecule has 10 aromatic carbocycles. The molecule has 298 valence electrons. The Kier molecular flexibility index (Phi) is 6.23. The number of hydrogen-bond acceptors (Lipinski definition) is 1. The van der Waals surface area contributed by atoms with E-state index in [0.29, 0.717) is 11.3 Å². The van der Waals surface area contributed by atoms with Crippen LogP contribution in [0.25, 0.3) is 125 Å². The first-order valence-electron chi connectivity index (χ1n) is 24.9. The van der Waals surface area contributed by atoms with Crippen LogP contribution in [0.2, 0.25) is 0 Å². The molecule has 4 heteroatoms. The molecular weight excluding hydrogens is 795 g/mol. The highest BCUT2D eigenvalue weighted by atomic mass is 32.1. The zero-order valence-electron chi connectivity index (χ0n) is 41.1. The number of aromatic nitrogens is 3. The highest BCUT2D eigenvalue weighted by molar-refractivity contribution is 7.25. The van der Waals surface area contributed by atoms with Gasteiger partial charge < -0.3 is 13.7 Å². The average Bonchev–Trinajstić information content (AvgIpc) is 4.16. The quantitative estimate of drug-likeness (QED) is 0.164. The number of nitrogens with zero attached hydrogens (tertiary/aromatic N) is 3. The summed E-state index contributed by atoms with van der Waals surface area (Å²) in [5, 5.41) is 6.50. The maximum atomic E-state index is 10.1. The molecule has 0 aliphatic heterocycles. The van der Waals surface area contributed by atoms with Crippen LogP contribution in [0.1, 0.15) is 9.60 Å². The molecule has 0 aliphatic rings. The lowest BCUT2D eigenvalue weighted by Gasteiger charge is -2.12. The summed E-state index contributed by atoms with van der Waals surface area (Å²) < 4.78 is 74.9. The van der Waals surface area contributed by atoms with Crippen molar-refractivity contribution in [2.45, 2.75) is 0 Å². The van der Waals surface area contributed by atoms with Crippen molar-refractivity contribution in [1.29, 1.82) is 0 Å². The molecule has 0 fully saturated rings. The molecule has 0 radical (unpaired) electrons. The summed E-state index contributed by atoms with van der Waals surface area (Å²) in [6, 6.07) is 60.0. The lowest BCUT2D eigenvalue weighted by Crippen LogP contribution is -1.95. The van der Waals surface area contributed by atoms with Gasteiger partial charge >= 0.3 is 0 Å². The molecular formula is C60H37N3S. The van der Waals surface area contributed by atoms with Gasteiger partial charge in [-0.2, -0.15) is 0 Å². The monoisotopic (exact) mass is 838 g/mol. The van der Waals surface area contributed by atoms with Gasteiger partial charge in [0.2, 0.25) is 0 Å². The van der Waals surface area contributed by atoms with E-state index in [1.165, 1.54) is 20.2 Å². The van der Waals surface area contributed by atoms with Crippen LogP contribution in [0.5, 0.6) is 0 Å². The zero-order chi connectivity index (χ0) is 48.0. The van der Waals surface area contributed by atoms with E-state index in [1.807, 2.05) is 84.9 Å². The summed E-state index contributed by atoms with van der Waals surface area (Å²) in [7, 11) is 0. The van der Waals surface area contributed by atoms with Crippen molar-refractivity contribution in [3.8, 4) is 39.3 Å². The smallest absolute Gasteiger partial charge is 0.0645 e. The van der Waals surface area contributed by atoms with Crippen molar-refractivity contribution in [2.75, 3.05) is 0 Å². The topological polar surface area (TPSA) is 14.8 Å². The molecule has 14 aromatic rings. The third-order valence-corrected chi connectivity index (χ3v) is 14.0. The average molecular weight is 839 g/mol. The number of rotatable bonds is 5. The summed E-state index contributed by atoms with van der Waals surface area (Å²) in [5.41, 5.74) is 9.65. The molecule has 0 bridgehead atoms. The summed E-state index contributed by atoms with van der Waals surface area (Å²) >= 11 is 1.78. The lowest BCUT2D eigenvalue weighted by atomic mass is 9.99. The SMILES string of the molecule is [2H]c1c([2H])c([2H])c2c(c1[2H])c1c([2H])c(-c3ccc4c(c3)c3cccc(-c5ccccc5)c3n4-c3ccc4sc5ccccc5c4c3)c([2H])c([2H])c1n2-c1ccc2c(c1)c1ccccc1n2-c1ccccc1. The normalized spacial score (nSPS) is 13.6. The van der Waals surface area contributed by atoms with E-state index in [9.17, 15) is 6.85 Å². The fourth-order valence-electron chi connectivity index (χ4n) is 10.1. The Morgan fingerprint density at radius 2 is 0.969 bits per heavy atom. The molecule has 0 spiro atoms. The number of fused-ring (bicyclic) bond motifs is 12. The van der Waals surface area contributed by atoms with Gasteiger partial charge in [0, 0.05) is 75.1 Å². The van der Waals surface area contributed by atoms with Crippen LogP contribution in [0, 0.1) is 0 Å². The molecule has 14 rings (SSSR count). The standard InChI is InChI=1S/C60H37N3S/c1-3-14-38(15-4-1)44-21-13-22-48-50-35-40(27-31-57(50)63(60(44)48)43-29-33-59-52(37-43)47-20-9-12-25-58(47)64-59)39-26-30-55-49(34-39)45-18-7-11-24-54(45)62(55)42-28-32-56-51(36-42)46-19-8-10-23-53(46)61(56)41-16-5-2-6-17-41/h1-37H/i7D,11D,18D,24D,26D,30D,34D. The van der Waals surface area contributed by atoms with Crippen LogP contribution < -0.4 is 0 Å². The van der Waals surface area contributed by atoms with Gasteiger partial charge in [0.1, 0.15) is 0 Å². The van der Waals surface area contributed by atoms with Crippen molar-refractivity contribution in [2.24, 2.45) is 0 Å². The summed E-state index contributed by atoms with van der Waals surface area (Å²) in [4.78, 5) is 0. The van der Waals surface area contributed by atoms with Crippen molar-refractivity contribution in [1.82, 2.24) is 13.7 Å². The molecule has 4 aromatic heterocycles. The van der Waals surface area contributed by atoms with Crippen LogP contribution in [0.3, 0.4) is 0 Å². The second-order valence-electron chi connectivity index (χ2n) is 16.3. The van der Waals surface area contributed by atoms with Crippen molar-refractivity contribution in [3.63, 3.8) is 0 Å². The molecule has 0 amide bonds. The highest BCUT2D eigenvalue weighted by Gasteiger charge is 2.20. The highest BCUT2D eigenvalue weighted by Crippen LogP contribution is 2.43. The van der Waals surface area contributed by atoms with Gasteiger partial charge in [0.25, 0.3) is 0 Å². The van der Waals surface area contributed by atoms with E-state index in [0.717, 1.165) is 66.1 Å². The van der Waals surface area contributed by atoms with E-state index >= 15 is 0 Å². The summed E-state index contributed by atoms with van der Waals surface area (Å²) in [6.45, 7) is 0. The lowest BCUT2D eigenvalue weighted by molar-refractivity contribution is 1.17. The molecule has 0 aliphatic carbocycles. The van der Waals surface area contributed by atoms with Crippen molar-refractivity contribution >= 4 is 96.9 Å².